The highest BCUT2D eigenvalue weighted by molar-refractivity contribution is 6.30. The smallest absolute Gasteiger partial charge is 0.274 e. The van der Waals surface area contributed by atoms with Crippen LogP contribution in [0, 0.1) is 0 Å². The van der Waals surface area contributed by atoms with Gasteiger partial charge in [-0.1, -0.05) is 41.9 Å². The van der Waals surface area contributed by atoms with Crippen LogP contribution < -0.4 is 10.9 Å². The molecular weight excluding hydrogens is 412 g/mol. The first kappa shape index (κ1) is 21.5. The Hall–Kier alpha value is -2.70. The number of halogens is 1. The van der Waals surface area contributed by atoms with Crippen LogP contribution in [0.3, 0.4) is 0 Å². The maximum atomic E-state index is 13.2. The van der Waals surface area contributed by atoms with Gasteiger partial charge < -0.3 is 5.32 Å². The number of rotatable bonds is 7. The zero-order chi connectivity index (χ0) is 21.8. The number of carbonyl (C=O) groups excluding carboxylic acids is 1. The van der Waals surface area contributed by atoms with Crippen LogP contribution in [-0.2, 0) is 17.8 Å². The molecular formula is C24H27ClN4O2. The molecule has 1 saturated heterocycles. The van der Waals surface area contributed by atoms with Crippen molar-refractivity contribution >= 4 is 28.3 Å². The van der Waals surface area contributed by atoms with Crippen molar-refractivity contribution in [1.82, 2.24) is 20.0 Å². The number of fused-ring (bicyclic) bond motifs is 1. The highest BCUT2D eigenvalue weighted by Gasteiger charge is 2.26. The summed E-state index contributed by atoms with van der Waals surface area (Å²) >= 11 is 6.03. The van der Waals surface area contributed by atoms with Crippen molar-refractivity contribution in [3.8, 4) is 0 Å². The molecule has 0 saturated carbocycles. The minimum absolute atomic E-state index is 0.0388. The molecule has 2 aromatic carbocycles. The van der Waals surface area contributed by atoms with E-state index < -0.39 is 0 Å². The molecule has 0 spiro atoms. The summed E-state index contributed by atoms with van der Waals surface area (Å²) in [6, 6.07) is 15.6. The van der Waals surface area contributed by atoms with Gasteiger partial charge in [-0.2, -0.15) is 5.10 Å². The highest BCUT2D eigenvalue weighted by Crippen LogP contribution is 2.21. The fourth-order valence-corrected chi connectivity index (χ4v) is 4.45. The Morgan fingerprint density at radius 3 is 2.65 bits per heavy atom. The van der Waals surface area contributed by atoms with Crippen molar-refractivity contribution < 1.29 is 4.79 Å². The van der Waals surface area contributed by atoms with E-state index in [-0.39, 0.29) is 17.5 Å². The number of nitrogens with one attached hydrogen (secondary N) is 1. The average molecular weight is 439 g/mol. The third-order valence-electron chi connectivity index (χ3n) is 6.02. The predicted molar refractivity (Wildman–Crippen MR) is 124 cm³/mol. The Morgan fingerprint density at radius 1 is 1.16 bits per heavy atom. The van der Waals surface area contributed by atoms with E-state index >= 15 is 0 Å². The van der Waals surface area contributed by atoms with E-state index in [0.717, 1.165) is 36.0 Å². The molecule has 162 valence electrons. The summed E-state index contributed by atoms with van der Waals surface area (Å²) in [7, 11) is 1.66. The van der Waals surface area contributed by atoms with Crippen molar-refractivity contribution in [2.24, 2.45) is 0 Å². The van der Waals surface area contributed by atoms with Crippen LogP contribution in [0.4, 0.5) is 0 Å². The minimum atomic E-state index is -0.0615. The Morgan fingerprint density at radius 2 is 1.90 bits per heavy atom. The summed E-state index contributed by atoms with van der Waals surface area (Å²) in [6.45, 7) is 2.18. The fourth-order valence-electron chi connectivity index (χ4n) is 4.32. The molecule has 1 aromatic heterocycles. The second-order valence-electron chi connectivity index (χ2n) is 8.04. The molecule has 0 unspecified atom stereocenters. The molecule has 2 heterocycles. The molecule has 1 fully saturated rings. The van der Waals surface area contributed by atoms with Gasteiger partial charge in [0.1, 0.15) is 0 Å². The van der Waals surface area contributed by atoms with Gasteiger partial charge >= 0.3 is 0 Å². The number of aromatic nitrogens is 2. The first-order valence-corrected chi connectivity index (χ1v) is 11.1. The van der Waals surface area contributed by atoms with Gasteiger partial charge in [0, 0.05) is 42.9 Å². The Balaban J connectivity index is 1.63. The molecule has 31 heavy (non-hydrogen) atoms. The second-order valence-corrected chi connectivity index (χ2v) is 8.47. The number of hydrogen-bond acceptors (Lipinski definition) is 4. The van der Waals surface area contributed by atoms with Gasteiger partial charge in [0.2, 0.25) is 5.91 Å². The van der Waals surface area contributed by atoms with Gasteiger partial charge in [-0.25, -0.2) is 4.68 Å². The summed E-state index contributed by atoms with van der Waals surface area (Å²) in [4.78, 5) is 27.1. The largest absolute Gasteiger partial charge is 0.359 e. The van der Waals surface area contributed by atoms with Crippen LogP contribution in [0.25, 0.3) is 10.8 Å². The molecule has 1 aliphatic heterocycles. The van der Waals surface area contributed by atoms with Crippen LogP contribution in [-0.4, -0.2) is 46.8 Å². The third kappa shape index (κ3) is 4.97. The van der Waals surface area contributed by atoms with Gasteiger partial charge in [-0.15, -0.1) is 0 Å². The molecule has 7 heteroatoms. The molecule has 4 rings (SSSR count). The van der Waals surface area contributed by atoms with Gasteiger partial charge in [0.05, 0.1) is 17.6 Å². The summed E-state index contributed by atoms with van der Waals surface area (Å²) in [5.41, 5.74) is 1.92. The second kappa shape index (κ2) is 9.62. The van der Waals surface area contributed by atoms with Gasteiger partial charge in [0.25, 0.3) is 5.56 Å². The average Bonchev–Trinajstić information content (AvgIpc) is 3.23. The summed E-state index contributed by atoms with van der Waals surface area (Å²) < 4.78 is 1.62. The molecule has 1 N–H and O–H groups in total. The zero-order valence-electron chi connectivity index (χ0n) is 17.7. The molecule has 1 atom stereocenters. The Kier molecular flexibility index (Phi) is 6.68. The van der Waals surface area contributed by atoms with E-state index in [1.807, 2.05) is 48.5 Å². The Bertz CT molecular complexity index is 1130. The van der Waals surface area contributed by atoms with Crippen molar-refractivity contribution in [2.75, 3.05) is 20.1 Å². The molecule has 1 amide bonds. The van der Waals surface area contributed by atoms with E-state index in [4.69, 9.17) is 16.7 Å². The molecule has 0 bridgehead atoms. The summed E-state index contributed by atoms with van der Waals surface area (Å²) in [5, 5.41) is 9.75. The van der Waals surface area contributed by atoms with Crippen LogP contribution in [0.5, 0.6) is 0 Å². The zero-order valence-corrected chi connectivity index (χ0v) is 18.4. The molecule has 0 radical (unpaired) electrons. The fraction of sp³-hybridized carbons (Fsp3) is 0.375. The number of hydrogen-bond donors (Lipinski definition) is 1. The maximum Gasteiger partial charge on any atom is 0.274 e. The third-order valence-corrected chi connectivity index (χ3v) is 6.27. The molecule has 1 aliphatic rings. The van der Waals surface area contributed by atoms with E-state index in [1.54, 1.807) is 11.7 Å². The Labute approximate surface area is 186 Å². The normalized spacial score (nSPS) is 16.6. The first-order chi connectivity index (χ1) is 15.0. The van der Waals surface area contributed by atoms with Crippen LogP contribution in [0.15, 0.2) is 53.3 Å². The molecule has 3 aromatic rings. The van der Waals surface area contributed by atoms with E-state index in [2.05, 4.69) is 10.2 Å². The number of likely N-dealkylation sites (tertiary alicyclic amines) is 1. The molecule has 0 aliphatic carbocycles. The summed E-state index contributed by atoms with van der Waals surface area (Å²) in [6.07, 6.45) is 3.16. The van der Waals surface area contributed by atoms with Crippen LogP contribution >= 0.6 is 11.6 Å². The number of amides is 1. The number of benzene rings is 2. The summed E-state index contributed by atoms with van der Waals surface area (Å²) in [5.74, 6) is 0.0388. The van der Waals surface area contributed by atoms with E-state index in [1.165, 1.54) is 0 Å². The standard InChI is InChI=1S/C24H27ClN4O2/c1-26-23(30)12-14-28-13-4-5-19(28)16-29-24(31)21-7-3-2-6-20(21)22(27-29)15-17-8-10-18(25)11-9-17/h2-3,6-11,19H,4-5,12-16H2,1H3,(H,26,30)/t19-/m1/s1. The lowest BCUT2D eigenvalue weighted by Gasteiger charge is -2.24. The maximum absolute atomic E-state index is 13.2. The van der Waals surface area contributed by atoms with Crippen LogP contribution in [0.2, 0.25) is 5.02 Å². The van der Waals surface area contributed by atoms with Crippen molar-refractivity contribution in [3.05, 3.63) is 75.2 Å². The van der Waals surface area contributed by atoms with Crippen molar-refractivity contribution in [1.29, 1.82) is 0 Å². The topological polar surface area (TPSA) is 67.2 Å². The van der Waals surface area contributed by atoms with E-state index in [9.17, 15) is 9.59 Å². The first-order valence-electron chi connectivity index (χ1n) is 10.7. The SMILES string of the molecule is CNC(=O)CCN1CCC[C@@H]1Cn1nc(Cc2ccc(Cl)cc2)c2ccccc2c1=O. The lowest BCUT2D eigenvalue weighted by molar-refractivity contribution is -0.121. The number of nitrogens with zero attached hydrogens (tertiary/aromatic N) is 3. The van der Waals surface area contributed by atoms with Gasteiger partial charge in [0.15, 0.2) is 0 Å². The minimum Gasteiger partial charge on any atom is -0.359 e. The molecule has 6 nitrogen and oxygen atoms in total. The lowest BCUT2D eigenvalue weighted by Crippen LogP contribution is -2.39. The van der Waals surface area contributed by atoms with Gasteiger partial charge in [-0.3, -0.25) is 14.5 Å². The highest BCUT2D eigenvalue weighted by atomic mass is 35.5. The van der Waals surface area contributed by atoms with Crippen molar-refractivity contribution in [2.45, 2.75) is 38.3 Å². The quantitative estimate of drug-likeness (QED) is 0.615. The van der Waals surface area contributed by atoms with Crippen LogP contribution in [0.1, 0.15) is 30.5 Å². The van der Waals surface area contributed by atoms with Crippen molar-refractivity contribution in [3.63, 3.8) is 0 Å². The van der Waals surface area contributed by atoms with Gasteiger partial charge in [-0.05, 0) is 43.1 Å². The van der Waals surface area contributed by atoms with E-state index in [0.29, 0.717) is 36.3 Å². The lowest BCUT2D eigenvalue weighted by atomic mass is 10.0. The number of carbonyl (C=O) groups is 1. The predicted octanol–water partition coefficient (Wildman–Crippen LogP) is 3.24. The monoisotopic (exact) mass is 438 g/mol.